The van der Waals surface area contributed by atoms with Gasteiger partial charge in [0.15, 0.2) is 5.82 Å². The quantitative estimate of drug-likeness (QED) is 0.830. The van der Waals surface area contributed by atoms with Gasteiger partial charge in [0.05, 0.1) is 12.1 Å². The van der Waals surface area contributed by atoms with E-state index in [-0.39, 0.29) is 6.04 Å². The first-order valence-corrected chi connectivity index (χ1v) is 8.94. The number of hydrogen-bond acceptors (Lipinski definition) is 6. The molecule has 0 fully saturated rings. The third kappa shape index (κ3) is 4.42. The van der Waals surface area contributed by atoms with Gasteiger partial charge in [0, 0.05) is 33.2 Å². The van der Waals surface area contributed by atoms with E-state index < -0.39 is 6.10 Å². The minimum absolute atomic E-state index is 0.0584. The van der Waals surface area contributed by atoms with Crippen LogP contribution >= 0.6 is 0 Å². The minimum atomic E-state index is -0.394. The molecule has 2 aromatic rings. The number of fused-ring (bicyclic) bond motifs is 1. The zero-order valence-corrected chi connectivity index (χ0v) is 15.3. The van der Waals surface area contributed by atoms with Crippen LogP contribution in [0.1, 0.15) is 29.9 Å². The van der Waals surface area contributed by atoms with Crippen molar-refractivity contribution in [2.45, 2.75) is 31.9 Å². The third-order valence-electron chi connectivity index (χ3n) is 5.17. The van der Waals surface area contributed by atoms with Crippen LogP contribution in [0, 0.1) is 0 Å². The van der Waals surface area contributed by atoms with Crippen molar-refractivity contribution in [2.24, 2.45) is 7.05 Å². The summed E-state index contributed by atoms with van der Waals surface area (Å²) in [6, 6.07) is 8.73. The maximum atomic E-state index is 10.6. The molecule has 0 spiro atoms. The van der Waals surface area contributed by atoms with Crippen LogP contribution in [0.25, 0.3) is 0 Å². The number of aliphatic hydroxyl groups excluding tert-OH is 1. The largest absolute Gasteiger partial charge is 0.390 e. The van der Waals surface area contributed by atoms with E-state index in [4.69, 9.17) is 0 Å². The maximum Gasteiger partial charge on any atom is 0.167 e. The highest BCUT2D eigenvalue weighted by atomic mass is 16.3. The van der Waals surface area contributed by atoms with Crippen LogP contribution in [0.3, 0.4) is 0 Å². The highest BCUT2D eigenvalue weighted by Crippen LogP contribution is 2.17. The summed E-state index contributed by atoms with van der Waals surface area (Å²) in [7, 11) is 3.84. The number of β-amino-alcohol motifs (C(OH)–C–C–N with tert-alkyl or cyclic N) is 1. The molecule has 1 aliphatic rings. The molecule has 0 radical (unpaired) electrons. The molecule has 0 amide bonds. The molecule has 136 valence electrons. The number of aliphatic hydroxyl groups is 1. The van der Waals surface area contributed by atoms with Gasteiger partial charge >= 0.3 is 0 Å². The Balaban J connectivity index is 1.51. The monoisotopic (exact) mass is 344 g/mol. The standard InChI is InChI=1S/C18H28N6O/c1-14(18-19-20-21-23(18)3)22(2)12-17(25)13-24-10-8-15-6-4-5-7-16(15)9-11-24/h4-7,14,17,25H,8-13H2,1-3H3/t14-,17+/m1/s1. The van der Waals surface area contributed by atoms with Crippen LogP contribution in [0.2, 0.25) is 0 Å². The summed E-state index contributed by atoms with van der Waals surface area (Å²) in [4.78, 5) is 4.47. The summed E-state index contributed by atoms with van der Waals surface area (Å²) in [5.41, 5.74) is 2.89. The van der Waals surface area contributed by atoms with E-state index in [0.717, 1.165) is 31.8 Å². The van der Waals surface area contributed by atoms with Gasteiger partial charge in [-0.05, 0) is 48.4 Å². The van der Waals surface area contributed by atoms with Crippen LogP contribution in [0.4, 0.5) is 0 Å². The number of rotatable bonds is 6. The van der Waals surface area contributed by atoms with Crippen molar-refractivity contribution in [1.82, 2.24) is 30.0 Å². The lowest BCUT2D eigenvalue weighted by Crippen LogP contribution is -2.41. The number of hydrogen-bond donors (Lipinski definition) is 1. The first-order valence-electron chi connectivity index (χ1n) is 8.94. The molecule has 1 N–H and O–H groups in total. The van der Waals surface area contributed by atoms with Gasteiger partial charge in [-0.15, -0.1) is 5.10 Å². The van der Waals surface area contributed by atoms with Crippen molar-refractivity contribution in [1.29, 1.82) is 0 Å². The topological polar surface area (TPSA) is 70.3 Å². The van der Waals surface area contributed by atoms with Crippen LogP contribution in [-0.2, 0) is 19.9 Å². The summed E-state index contributed by atoms with van der Waals surface area (Å²) < 4.78 is 1.68. The Labute approximate surface area is 149 Å². The van der Waals surface area contributed by atoms with E-state index in [0.29, 0.717) is 13.1 Å². The molecule has 7 nitrogen and oxygen atoms in total. The Morgan fingerprint density at radius 2 is 1.84 bits per heavy atom. The molecule has 0 saturated carbocycles. The lowest BCUT2D eigenvalue weighted by Gasteiger charge is -2.29. The van der Waals surface area contributed by atoms with Gasteiger partial charge in [-0.2, -0.15) is 0 Å². The van der Waals surface area contributed by atoms with E-state index >= 15 is 0 Å². The fraction of sp³-hybridized carbons (Fsp3) is 0.611. The van der Waals surface area contributed by atoms with Gasteiger partial charge < -0.3 is 10.0 Å². The second kappa shape index (κ2) is 8.03. The number of aromatic nitrogens is 4. The first-order chi connectivity index (χ1) is 12.0. The molecule has 25 heavy (non-hydrogen) atoms. The normalized spacial score (nSPS) is 18.0. The molecule has 3 rings (SSSR count). The average molecular weight is 344 g/mol. The molecule has 1 aromatic carbocycles. The summed E-state index contributed by atoms with van der Waals surface area (Å²) in [5.74, 6) is 0.805. The molecule has 0 aliphatic carbocycles. The number of aryl methyl sites for hydroxylation is 1. The zero-order valence-electron chi connectivity index (χ0n) is 15.3. The van der Waals surface area contributed by atoms with Crippen molar-refractivity contribution in [2.75, 3.05) is 33.2 Å². The fourth-order valence-corrected chi connectivity index (χ4v) is 3.53. The van der Waals surface area contributed by atoms with E-state index in [2.05, 4.69) is 56.5 Å². The molecular formula is C18H28N6O. The van der Waals surface area contributed by atoms with E-state index in [1.807, 2.05) is 14.1 Å². The van der Waals surface area contributed by atoms with E-state index in [9.17, 15) is 5.11 Å². The van der Waals surface area contributed by atoms with Gasteiger partial charge in [0.2, 0.25) is 0 Å². The Morgan fingerprint density at radius 1 is 1.20 bits per heavy atom. The fourth-order valence-electron chi connectivity index (χ4n) is 3.53. The van der Waals surface area contributed by atoms with E-state index in [1.165, 1.54) is 11.1 Å². The number of tetrazole rings is 1. The van der Waals surface area contributed by atoms with Crippen molar-refractivity contribution in [3.05, 3.63) is 41.2 Å². The van der Waals surface area contributed by atoms with Crippen molar-refractivity contribution >= 4 is 0 Å². The molecule has 1 aliphatic heterocycles. The van der Waals surface area contributed by atoms with Gasteiger partial charge in [0.1, 0.15) is 0 Å². The summed E-state index contributed by atoms with van der Waals surface area (Å²) in [6.07, 6.45) is 1.72. The molecule has 7 heteroatoms. The predicted octanol–water partition coefficient (Wildman–Crippen LogP) is 0.665. The Kier molecular flexibility index (Phi) is 5.78. The predicted molar refractivity (Wildman–Crippen MR) is 96.1 cm³/mol. The van der Waals surface area contributed by atoms with Crippen molar-refractivity contribution < 1.29 is 5.11 Å². The minimum Gasteiger partial charge on any atom is -0.390 e. The smallest absolute Gasteiger partial charge is 0.167 e. The second-order valence-electron chi connectivity index (χ2n) is 7.00. The molecule has 0 unspecified atom stereocenters. The van der Waals surface area contributed by atoms with E-state index in [1.54, 1.807) is 4.68 Å². The summed E-state index contributed by atoms with van der Waals surface area (Å²) in [5, 5.41) is 22.2. The second-order valence-corrected chi connectivity index (χ2v) is 7.00. The van der Waals surface area contributed by atoms with Crippen LogP contribution in [0.15, 0.2) is 24.3 Å². The van der Waals surface area contributed by atoms with Crippen LogP contribution in [-0.4, -0.2) is 74.4 Å². The van der Waals surface area contributed by atoms with Crippen molar-refractivity contribution in [3.8, 4) is 0 Å². The maximum absolute atomic E-state index is 10.6. The van der Waals surface area contributed by atoms with Gasteiger partial charge in [-0.25, -0.2) is 4.68 Å². The molecule has 2 atom stereocenters. The summed E-state index contributed by atoms with van der Waals surface area (Å²) >= 11 is 0. The molecule has 2 heterocycles. The molecule has 1 aromatic heterocycles. The zero-order chi connectivity index (χ0) is 17.8. The lowest BCUT2D eigenvalue weighted by atomic mass is 10.0. The van der Waals surface area contributed by atoms with Gasteiger partial charge in [-0.1, -0.05) is 24.3 Å². The Morgan fingerprint density at radius 3 is 2.40 bits per heavy atom. The first kappa shape index (κ1) is 18.0. The highest BCUT2D eigenvalue weighted by Gasteiger charge is 2.22. The highest BCUT2D eigenvalue weighted by molar-refractivity contribution is 5.28. The lowest BCUT2D eigenvalue weighted by molar-refractivity contribution is 0.0702. The SMILES string of the molecule is C[C@H](c1nnnn1C)N(C)C[C@H](O)CN1CCc2ccccc2CC1. The van der Waals surface area contributed by atoms with Crippen LogP contribution in [0.5, 0.6) is 0 Å². The molecule has 0 saturated heterocycles. The number of nitrogens with zero attached hydrogens (tertiary/aromatic N) is 6. The Hall–Kier alpha value is -1.83. The van der Waals surface area contributed by atoms with Gasteiger partial charge in [0.25, 0.3) is 0 Å². The third-order valence-corrected chi connectivity index (χ3v) is 5.17. The van der Waals surface area contributed by atoms with Gasteiger partial charge in [-0.3, -0.25) is 4.90 Å². The average Bonchev–Trinajstić information content (AvgIpc) is 2.92. The van der Waals surface area contributed by atoms with Crippen LogP contribution < -0.4 is 0 Å². The summed E-state index contributed by atoms with van der Waals surface area (Å²) in [6.45, 7) is 5.35. The molecular weight excluding hydrogens is 316 g/mol. The molecule has 0 bridgehead atoms. The number of benzene rings is 1. The Bertz CT molecular complexity index is 661. The number of likely N-dealkylation sites (N-methyl/N-ethyl adjacent to an activating group) is 1. The van der Waals surface area contributed by atoms with Crippen molar-refractivity contribution in [3.63, 3.8) is 0 Å².